The van der Waals surface area contributed by atoms with E-state index in [2.05, 4.69) is 27.3 Å². The molecule has 0 saturated carbocycles. The molecular weight excluding hydrogens is 212 g/mol. The van der Waals surface area contributed by atoms with Crippen LogP contribution in [0.15, 0.2) is 12.1 Å². The van der Waals surface area contributed by atoms with E-state index in [-0.39, 0.29) is 0 Å². The van der Waals surface area contributed by atoms with Gasteiger partial charge in [-0.05, 0) is 50.9 Å². The average molecular weight is 234 g/mol. The molecule has 0 amide bonds. The van der Waals surface area contributed by atoms with Crippen molar-refractivity contribution in [2.24, 2.45) is 5.92 Å². The van der Waals surface area contributed by atoms with Crippen molar-refractivity contribution in [3.63, 3.8) is 0 Å². The highest BCUT2D eigenvalue weighted by molar-refractivity contribution is 5.32. The van der Waals surface area contributed by atoms with Crippen molar-refractivity contribution >= 4 is 5.82 Å². The van der Waals surface area contributed by atoms with Crippen LogP contribution in [0, 0.1) is 12.8 Å². The van der Waals surface area contributed by atoms with Gasteiger partial charge in [0.05, 0.1) is 5.69 Å². The molecule has 0 unspecified atom stereocenters. The predicted molar refractivity (Wildman–Crippen MR) is 70.1 cm³/mol. The van der Waals surface area contributed by atoms with Crippen LogP contribution in [-0.2, 0) is 0 Å². The number of anilines is 1. The van der Waals surface area contributed by atoms with Crippen LogP contribution in [0.5, 0.6) is 0 Å². The number of hydrogen-bond acceptors (Lipinski definition) is 4. The minimum absolute atomic E-state index is 0.876. The third-order valence-electron chi connectivity index (χ3n) is 3.41. The molecule has 2 heterocycles. The quantitative estimate of drug-likeness (QED) is 0.864. The van der Waals surface area contributed by atoms with Crippen molar-refractivity contribution < 1.29 is 0 Å². The smallest absolute Gasteiger partial charge is 0.148 e. The van der Waals surface area contributed by atoms with Crippen molar-refractivity contribution in [2.45, 2.75) is 26.7 Å². The van der Waals surface area contributed by atoms with Crippen molar-refractivity contribution in [1.82, 2.24) is 15.1 Å². The number of hydrogen-bond donors (Lipinski definition) is 1. The number of nitrogens with one attached hydrogen (secondary N) is 1. The molecule has 17 heavy (non-hydrogen) atoms. The molecule has 1 aliphatic heterocycles. The molecule has 0 aliphatic carbocycles. The van der Waals surface area contributed by atoms with E-state index in [9.17, 15) is 0 Å². The highest BCUT2D eigenvalue weighted by atomic mass is 15.2. The lowest BCUT2D eigenvalue weighted by atomic mass is 9.99. The predicted octanol–water partition coefficient (Wildman–Crippen LogP) is 1.93. The Hall–Kier alpha value is -1.16. The molecule has 0 aromatic carbocycles. The van der Waals surface area contributed by atoms with E-state index < -0.39 is 0 Å². The van der Waals surface area contributed by atoms with Gasteiger partial charge >= 0.3 is 0 Å². The standard InChI is InChI=1S/C13H22N4/c1-11-5-8-17(9-6-11)10-7-14-13-4-3-12(2)15-16-13/h3-4,11H,5-10H2,1-2H3,(H,14,16). The Labute approximate surface area is 103 Å². The topological polar surface area (TPSA) is 41.0 Å². The Morgan fingerprint density at radius 3 is 2.71 bits per heavy atom. The lowest BCUT2D eigenvalue weighted by molar-refractivity contribution is 0.199. The Kier molecular flexibility index (Phi) is 4.31. The van der Waals surface area contributed by atoms with E-state index in [1.165, 1.54) is 25.9 Å². The van der Waals surface area contributed by atoms with Gasteiger partial charge in [0.25, 0.3) is 0 Å². The first-order valence-electron chi connectivity index (χ1n) is 6.50. The highest BCUT2D eigenvalue weighted by Gasteiger charge is 2.14. The monoisotopic (exact) mass is 234 g/mol. The summed E-state index contributed by atoms with van der Waals surface area (Å²) in [6.07, 6.45) is 2.68. The SMILES string of the molecule is Cc1ccc(NCCN2CCC(C)CC2)nn1. The summed E-state index contributed by atoms with van der Waals surface area (Å²) < 4.78 is 0. The zero-order valence-electron chi connectivity index (χ0n) is 10.8. The third kappa shape index (κ3) is 3.97. The first-order chi connectivity index (χ1) is 8.24. The van der Waals surface area contributed by atoms with Crippen molar-refractivity contribution in [3.05, 3.63) is 17.8 Å². The van der Waals surface area contributed by atoms with E-state index in [0.717, 1.165) is 30.5 Å². The lowest BCUT2D eigenvalue weighted by Gasteiger charge is -2.30. The number of rotatable bonds is 4. The molecule has 1 N–H and O–H groups in total. The zero-order valence-corrected chi connectivity index (χ0v) is 10.8. The van der Waals surface area contributed by atoms with E-state index in [1.54, 1.807) is 0 Å². The molecular formula is C13H22N4. The molecule has 1 aromatic rings. The Morgan fingerprint density at radius 1 is 1.29 bits per heavy atom. The van der Waals surface area contributed by atoms with Crippen LogP contribution in [0.25, 0.3) is 0 Å². The van der Waals surface area contributed by atoms with Gasteiger partial charge in [0, 0.05) is 13.1 Å². The summed E-state index contributed by atoms with van der Waals surface area (Å²) in [4.78, 5) is 2.52. The Morgan fingerprint density at radius 2 is 2.06 bits per heavy atom. The summed E-state index contributed by atoms with van der Waals surface area (Å²) in [5, 5.41) is 11.4. The first-order valence-corrected chi connectivity index (χ1v) is 6.50. The number of likely N-dealkylation sites (tertiary alicyclic amines) is 1. The van der Waals surface area contributed by atoms with Crippen LogP contribution in [-0.4, -0.2) is 41.3 Å². The maximum Gasteiger partial charge on any atom is 0.148 e. The number of nitrogens with zero attached hydrogens (tertiary/aromatic N) is 3. The maximum absolute atomic E-state index is 4.09. The molecule has 1 saturated heterocycles. The largest absolute Gasteiger partial charge is 0.367 e. The summed E-state index contributed by atoms with van der Waals surface area (Å²) in [7, 11) is 0. The third-order valence-corrected chi connectivity index (χ3v) is 3.41. The van der Waals surface area contributed by atoms with Gasteiger partial charge < -0.3 is 10.2 Å². The van der Waals surface area contributed by atoms with Crippen LogP contribution in [0.3, 0.4) is 0 Å². The minimum Gasteiger partial charge on any atom is -0.367 e. The van der Waals surface area contributed by atoms with Gasteiger partial charge in [-0.1, -0.05) is 6.92 Å². The van der Waals surface area contributed by atoms with Crippen molar-refractivity contribution in [3.8, 4) is 0 Å². The van der Waals surface area contributed by atoms with Crippen LogP contribution >= 0.6 is 0 Å². The van der Waals surface area contributed by atoms with Crippen LogP contribution in [0.4, 0.5) is 5.82 Å². The second kappa shape index (κ2) is 5.96. The van der Waals surface area contributed by atoms with Crippen molar-refractivity contribution in [2.75, 3.05) is 31.5 Å². The van der Waals surface area contributed by atoms with Gasteiger partial charge in [-0.15, -0.1) is 5.10 Å². The second-order valence-corrected chi connectivity index (χ2v) is 5.01. The van der Waals surface area contributed by atoms with Crippen LogP contribution < -0.4 is 5.32 Å². The molecule has 4 nitrogen and oxygen atoms in total. The molecule has 4 heteroatoms. The van der Waals surface area contributed by atoms with Gasteiger partial charge in [-0.3, -0.25) is 0 Å². The van der Waals surface area contributed by atoms with E-state index in [0.29, 0.717) is 0 Å². The average Bonchev–Trinajstić information content (AvgIpc) is 2.34. The summed E-state index contributed by atoms with van der Waals surface area (Å²) in [5.41, 5.74) is 0.959. The maximum atomic E-state index is 4.09. The van der Waals surface area contributed by atoms with Crippen LogP contribution in [0.2, 0.25) is 0 Å². The molecule has 0 spiro atoms. The first kappa shape index (κ1) is 12.3. The second-order valence-electron chi connectivity index (χ2n) is 5.01. The van der Waals surface area contributed by atoms with Gasteiger partial charge in [0.15, 0.2) is 0 Å². The molecule has 2 rings (SSSR count). The molecule has 0 atom stereocenters. The van der Waals surface area contributed by atoms with Crippen LogP contribution in [0.1, 0.15) is 25.5 Å². The van der Waals surface area contributed by atoms with E-state index >= 15 is 0 Å². The molecule has 1 aromatic heterocycles. The lowest BCUT2D eigenvalue weighted by Crippen LogP contribution is -2.36. The zero-order chi connectivity index (χ0) is 12.1. The van der Waals surface area contributed by atoms with E-state index in [4.69, 9.17) is 0 Å². The fourth-order valence-corrected chi connectivity index (χ4v) is 2.12. The van der Waals surface area contributed by atoms with Gasteiger partial charge in [-0.25, -0.2) is 0 Å². The summed E-state index contributed by atoms with van der Waals surface area (Å²) in [6, 6.07) is 3.97. The molecule has 0 radical (unpaired) electrons. The molecule has 0 bridgehead atoms. The van der Waals surface area contributed by atoms with Crippen molar-refractivity contribution in [1.29, 1.82) is 0 Å². The molecule has 1 aliphatic rings. The fourth-order valence-electron chi connectivity index (χ4n) is 2.12. The fraction of sp³-hybridized carbons (Fsp3) is 0.692. The number of aromatic nitrogens is 2. The minimum atomic E-state index is 0.876. The van der Waals surface area contributed by atoms with Gasteiger partial charge in [-0.2, -0.15) is 5.10 Å². The summed E-state index contributed by atoms with van der Waals surface area (Å²) in [5.74, 6) is 1.78. The molecule has 1 fully saturated rings. The van der Waals surface area contributed by atoms with Gasteiger partial charge in [0.1, 0.15) is 5.82 Å². The highest BCUT2D eigenvalue weighted by Crippen LogP contribution is 2.15. The summed E-state index contributed by atoms with van der Waals surface area (Å²) in [6.45, 7) is 8.82. The Bertz CT molecular complexity index is 328. The van der Waals surface area contributed by atoms with E-state index in [1.807, 2.05) is 19.1 Å². The van der Waals surface area contributed by atoms with Gasteiger partial charge in [0.2, 0.25) is 0 Å². The molecule has 94 valence electrons. The number of aryl methyl sites for hydroxylation is 1. The normalized spacial score (nSPS) is 18.2. The number of piperidine rings is 1. The Balaban J connectivity index is 1.67. The summed E-state index contributed by atoms with van der Waals surface area (Å²) >= 11 is 0.